The summed E-state index contributed by atoms with van der Waals surface area (Å²) in [7, 11) is 2.43. The molecule has 20 heteroatoms. The Labute approximate surface area is 412 Å². The first kappa shape index (κ1) is 46.5. The fraction of sp³-hybridized carbons (Fsp3) is 0.471. The van der Waals surface area contributed by atoms with Gasteiger partial charge in [-0.15, -0.1) is 11.3 Å². The Morgan fingerprint density at radius 2 is 1.59 bits per heavy atom. The van der Waals surface area contributed by atoms with Gasteiger partial charge in [-0.05, 0) is 94.0 Å². The van der Waals surface area contributed by atoms with Gasteiger partial charge in [-0.2, -0.15) is 0 Å². The normalized spacial score (nSPS) is 23.2. The molecule has 2 aromatic carbocycles. The van der Waals surface area contributed by atoms with Gasteiger partial charge in [0.15, 0.2) is 0 Å². The number of carbonyl (C=O) groups excluding carboxylic acids is 4. The number of piperidine rings is 1. The van der Waals surface area contributed by atoms with Crippen molar-refractivity contribution in [2.45, 2.75) is 115 Å². The van der Waals surface area contributed by atoms with Crippen molar-refractivity contribution >= 4 is 46.2 Å². The average Bonchev–Trinajstić information content (AvgIpc) is 3.86. The van der Waals surface area contributed by atoms with Gasteiger partial charge in [0, 0.05) is 41.2 Å². The third kappa shape index (κ3) is 8.16. The number of benzene rings is 2. The first-order valence-corrected chi connectivity index (χ1v) is 25.1. The molecule has 4 N–H and O–H groups in total. The number of aromatic amines is 2. The number of imidazole rings is 2. The number of thiazole rings is 1. The number of fused-ring (bicyclic) bond motifs is 6. The number of amides is 4. The van der Waals surface area contributed by atoms with Crippen LogP contribution in [-0.4, -0.2) is 108 Å². The van der Waals surface area contributed by atoms with E-state index in [4.69, 9.17) is 29.2 Å². The monoisotopic (exact) mass is 990 g/mol. The molecule has 0 spiro atoms. The number of nitrogens with zero attached hydrogens (tertiary/aromatic N) is 6. The number of nitrogens with one attached hydrogen (secondary N) is 4. The van der Waals surface area contributed by atoms with Crippen LogP contribution in [0.3, 0.4) is 0 Å². The lowest BCUT2D eigenvalue weighted by Crippen LogP contribution is -2.57. The summed E-state index contributed by atoms with van der Waals surface area (Å²) in [4.78, 5) is 77.8. The highest BCUT2D eigenvalue weighted by molar-refractivity contribution is 7.11. The van der Waals surface area contributed by atoms with Gasteiger partial charge in [0.25, 0.3) is 0 Å². The summed E-state index contributed by atoms with van der Waals surface area (Å²) >= 11 is 1.60. The summed E-state index contributed by atoms with van der Waals surface area (Å²) in [5, 5.41) is 6.98. The number of rotatable bonds is 12. The van der Waals surface area contributed by atoms with Gasteiger partial charge in [-0.1, -0.05) is 26.8 Å². The zero-order valence-corrected chi connectivity index (χ0v) is 41.2. The molecular weight excluding hydrogens is 935 g/mol. The Hall–Kier alpha value is -6.83. The molecule has 0 radical (unpaired) electrons. The molecule has 372 valence electrons. The van der Waals surface area contributed by atoms with E-state index in [-0.39, 0.29) is 35.7 Å². The second-order valence-corrected chi connectivity index (χ2v) is 21.5. The Morgan fingerprint density at radius 1 is 0.887 bits per heavy atom. The van der Waals surface area contributed by atoms with Gasteiger partial charge in [0.1, 0.15) is 41.0 Å². The molecule has 0 bridgehead atoms. The van der Waals surface area contributed by atoms with Crippen LogP contribution in [-0.2, 0) is 19.1 Å². The van der Waals surface area contributed by atoms with Crippen molar-refractivity contribution < 1.29 is 42.2 Å². The van der Waals surface area contributed by atoms with Gasteiger partial charge in [-0.3, -0.25) is 14.2 Å². The Balaban J connectivity index is 0.912. The van der Waals surface area contributed by atoms with Crippen LogP contribution < -0.4 is 15.4 Å². The van der Waals surface area contributed by atoms with Gasteiger partial charge >= 0.3 is 12.2 Å². The summed E-state index contributed by atoms with van der Waals surface area (Å²) < 4.78 is 50.9. The zero-order chi connectivity index (χ0) is 49.8. The zero-order valence-electron chi connectivity index (χ0n) is 40.4. The standard InChI is InChI=1S/C51H56F2N10O7S/c1-23(2)40(59-49(66)68-6)46(64)61-14-8-9-34(61)43-54-21-32(58-43)27-16-30(52)39-35-17-28-15-26(12-13-33(28)62(35)48(70-37(39)18-27)38-22-56-45(71-38)25-10-11-25)31-20-55-44(57-31)36-19-29-24(3)41(29)63(36)47(65)42(51(4,5)53)60-50(67)69-7/h12-13,15-18,20-25,29,34,36,40-42,48H,8-11,14,19H2,1-7H3,(H,54,58)(H,55,57)(H,59,66)(H,60,67)/t24-,29?,34+,36+,40?,41?,42?,48?/m1/s1. The van der Waals surface area contributed by atoms with E-state index in [9.17, 15) is 19.2 Å². The van der Waals surface area contributed by atoms with Crippen LogP contribution in [0.15, 0.2) is 55.0 Å². The van der Waals surface area contributed by atoms with E-state index in [1.165, 1.54) is 34.1 Å². The molecule has 2 aliphatic carbocycles. The third-order valence-electron chi connectivity index (χ3n) is 15.0. The van der Waals surface area contributed by atoms with E-state index in [1.54, 1.807) is 33.5 Å². The lowest BCUT2D eigenvalue weighted by molar-refractivity contribution is -0.139. The number of methoxy groups -OCH3 is 2. The number of ether oxygens (including phenoxy) is 3. The molecule has 2 saturated heterocycles. The molecule has 5 unspecified atom stereocenters. The minimum absolute atomic E-state index is 0.110. The number of likely N-dealkylation sites (tertiary alicyclic amines) is 2. The van der Waals surface area contributed by atoms with Crippen molar-refractivity contribution in [2.24, 2.45) is 17.8 Å². The van der Waals surface area contributed by atoms with Crippen LogP contribution in [0.5, 0.6) is 5.75 Å². The molecule has 8 atom stereocenters. The lowest BCUT2D eigenvalue weighted by Gasteiger charge is -2.34. The maximum atomic E-state index is 17.0. The molecule has 7 heterocycles. The Bertz CT molecular complexity index is 3100. The van der Waals surface area contributed by atoms with Crippen molar-refractivity contribution in [3.63, 3.8) is 0 Å². The molecule has 5 aliphatic rings. The minimum atomic E-state index is -2.07. The average molecular weight is 991 g/mol. The number of alkyl carbamates (subject to hydrolysis) is 2. The number of alkyl halides is 1. The summed E-state index contributed by atoms with van der Waals surface area (Å²) in [6, 6.07) is 8.02. The van der Waals surface area contributed by atoms with Crippen LogP contribution in [0.4, 0.5) is 18.4 Å². The number of H-pyrrole nitrogens is 2. The van der Waals surface area contributed by atoms with E-state index in [0.29, 0.717) is 70.9 Å². The smallest absolute Gasteiger partial charge is 0.407 e. The SMILES string of the molecule is COC(=O)NC(C(=O)N1CCC[C@H]1c1ncc(-c2cc(F)c3c(c2)OC(c2cnc(C4CC4)s2)n2c-3cc3cc(-c4cnc([C@@H]5CC6C([C@@H]6C)N5C(=O)C(NC(=O)OC)C(C)(C)F)[nH]4)ccc32)[nH]1)C(C)C. The minimum Gasteiger partial charge on any atom is -0.464 e. The molecule has 4 amide bonds. The highest BCUT2D eigenvalue weighted by Gasteiger charge is 2.62. The fourth-order valence-corrected chi connectivity index (χ4v) is 12.1. The van der Waals surface area contributed by atoms with Crippen molar-refractivity contribution in [2.75, 3.05) is 20.8 Å². The number of aromatic nitrogens is 6. The molecule has 4 aromatic heterocycles. The van der Waals surface area contributed by atoms with Crippen molar-refractivity contribution in [1.29, 1.82) is 0 Å². The van der Waals surface area contributed by atoms with E-state index in [0.717, 1.165) is 45.6 Å². The topological polar surface area (TPSA) is 202 Å². The first-order chi connectivity index (χ1) is 34.0. The molecule has 71 heavy (non-hydrogen) atoms. The molecule has 11 rings (SSSR count). The predicted molar refractivity (Wildman–Crippen MR) is 258 cm³/mol. The van der Waals surface area contributed by atoms with Gasteiger partial charge in [0.2, 0.25) is 18.0 Å². The summed E-state index contributed by atoms with van der Waals surface area (Å²) in [5.41, 5.74) is 2.26. The van der Waals surface area contributed by atoms with E-state index in [1.807, 2.05) is 54.9 Å². The first-order valence-electron chi connectivity index (χ1n) is 24.2. The van der Waals surface area contributed by atoms with Crippen LogP contribution in [0.1, 0.15) is 112 Å². The fourth-order valence-electron chi connectivity index (χ4n) is 11.0. The van der Waals surface area contributed by atoms with E-state index < -0.39 is 53.9 Å². The second-order valence-electron chi connectivity index (χ2n) is 20.4. The van der Waals surface area contributed by atoms with Crippen LogP contribution in [0, 0.1) is 23.6 Å². The number of halogens is 2. The number of hydrogen-bond donors (Lipinski definition) is 4. The van der Waals surface area contributed by atoms with E-state index >= 15 is 8.78 Å². The Morgan fingerprint density at radius 3 is 2.28 bits per heavy atom. The molecule has 3 aliphatic heterocycles. The molecule has 4 fully saturated rings. The molecule has 6 aromatic rings. The van der Waals surface area contributed by atoms with Crippen LogP contribution in [0.25, 0.3) is 44.7 Å². The maximum absolute atomic E-state index is 17.0. The van der Waals surface area contributed by atoms with Crippen molar-refractivity contribution in [3.8, 4) is 39.5 Å². The second kappa shape index (κ2) is 17.5. The van der Waals surface area contributed by atoms with Crippen LogP contribution >= 0.6 is 11.3 Å². The van der Waals surface area contributed by atoms with Gasteiger partial charge < -0.3 is 44.6 Å². The molecule has 17 nitrogen and oxygen atoms in total. The summed E-state index contributed by atoms with van der Waals surface area (Å²) in [5.74, 6) is 0.897. The third-order valence-corrected chi connectivity index (χ3v) is 16.2. The predicted octanol–water partition coefficient (Wildman–Crippen LogP) is 8.93. The van der Waals surface area contributed by atoms with Gasteiger partial charge in [-0.25, -0.2) is 33.3 Å². The number of hydrogen-bond acceptors (Lipinski definition) is 11. The van der Waals surface area contributed by atoms with Crippen LogP contribution in [0.2, 0.25) is 0 Å². The summed E-state index contributed by atoms with van der Waals surface area (Å²) in [6.45, 7) is 8.82. The van der Waals surface area contributed by atoms with Gasteiger partial charge in [0.05, 0.1) is 76.7 Å². The largest absolute Gasteiger partial charge is 0.464 e. The van der Waals surface area contributed by atoms with Crippen molar-refractivity contribution in [3.05, 3.63) is 82.3 Å². The Kier molecular flexibility index (Phi) is 11.5. The molecular formula is C51H56F2N10O7S. The van der Waals surface area contributed by atoms with Crippen molar-refractivity contribution in [1.82, 2.24) is 49.9 Å². The number of carbonyl (C=O) groups is 4. The lowest BCUT2D eigenvalue weighted by atomic mass is 9.98. The quantitative estimate of drug-likeness (QED) is 0.0917. The molecule has 2 saturated carbocycles. The highest BCUT2D eigenvalue weighted by atomic mass is 32.1. The maximum Gasteiger partial charge on any atom is 0.407 e. The highest BCUT2D eigenvalue weighted by Crippen LogP contribution is 2.58. The van der Waals surface area contributed by atoms with E-state index in [2.05, 4.69) is 27.5 Å². The summed E-state index contributed by atoms with van der Waals surface area (Å²) in [6.07, 6.45) is 7.22.